The number of hydrogen-bond donors (Lipinski definition) is 3. The first-order chi connectivity index (χ1) is 14.6. The fourth-order valence-corrected chi connectivity index (χ4v) is 3.86. The van der Waals surface area contributed by atoms with E-state index in [1.54, 1.807) is 6.07 Å². The number of halogens is 3. The zero-order chi connectivity index (χ0) is 24.7. The number of nitrogens with one attached hydrogen (secondary N) is 1. The molecule has 1 aliphatic carbocycles. The molecule has 1 saturated carbocycles. The van der Waals surface area contributed by atoms with E-state index in [2.05, 4.69) is 24.9 Å². The summed E-state index contributed by atoms with van der Waals surface area (Å²) in [6, 6.07) is 2.83. The Labute approximate surface area is 198 Å². The lowest BCUT2D eigenvalue weighted by molar-refractivity contribution is -0.137. The Morgan fingerprint density at radius 3 is 2.31 bits per heavy atom. The second-order valence-corrected chi connectivity index (χ2v) is 10.7. The second-order valence-electron chi connectivity index (χ2n) is 10.3. The molecular weight excluding hydrogens is 434 g/mol. The van der Waals surface area contributed by atoms with E-state index in [0.717, 1.165) is 24.8 Å². The van der Waals surface area contributed by atoms with Gasteiger partial charge in [-0.3, -0.25) is 0 Å². The van der Waals surface area contributed by atoms with Gasteiger partial charge in [-0.1, -0.05) is 45.1 Å². The maximum Gasteiger partial charge on any atom is 0.416 e. The largest absolute Gasteiger partial charge is 0.434 e. The third kappa shape index (κ3) is 9.96. The van der Waals surface area contributed by atoms with Crippen LogP contribution in [0.4, 0.5) is 18.9 Å². The number of thiol groups is 1. The van der Waals surface area contributed by atoms with Crippen molar-refractivity contribution in [2.24, 2.45) is 11.3 Å². The second kappa shape index (κ2) is 12.0. The quantitative estimate of drug-likeness (QED) is 0.304. The van der Waals surface area contributed by atoms with Crippen LogP contribution in [0.3, 0.4) is 0 Å². The lowest BCUT2D eigenvalue weighted by atomic mass is 9.70. The van der Waals surface area contributed by atoms with Gasteiger partial charge in [-0.05, 0) is 69.3 Å². The molecule has 0 spiro atoms. The van der Waals surface area contributed by atoms with Gasteiger partial charge in [0, 0.05) is 18.3 Å². The smallest absolute Gasteiger partial charge is 0.416 e. The molecule has 0 saturated heterocycles. The zero-order valence-electron chi connectivity index (χ0n) is 20.6. The molecule has 3 nitrogen and oxygen atoms in total. The fraction of sp³-hybridized carbons (Fsp3) is 0.750. The van der Waals surface area contributed by atoms with Gasteiger partial charge >= 0.3 is 13.7 Å². The van der Waals surface area contributed by atoms with E-state index in [0.29, 0.717) is 23.5 Å². The van der Waals surface area contributed by atoms with Crippen LogP contribution in [0.5, 0.6) is 0 Å². The normalized spacial score (nSPS) is 21.0. The summed E-state index contributed by atoms with van der Waals surface area (Å²) in [6.45, 7) is 13.7. The highest BCUT2D eigenvalue weighted by Crippen LogP contribution is 2.39. The topological polar surface area (TPSA) is 41.5 Å². The molecule has 2 N–H and O–H groups in total. The molecule has 0 aliphatic heterocycles. The molecule has 183 valence electrons. The average molecular weight is 474 g/mol. The molecule has 0 heterocycles. The highest BCUT2D eigenvalue weighted by Gasteiger charge is 2.37. The molecule has 0 amide bonds. The maximum absolute atomic E-state index is 13.2. The van der Waals surface area contributed by atoms with Crippen molar-refractivity contribution in [3.8, 4) is 0 Å². The molecule has 0 aromatic heterocycles. The highest BCUT2D eigenvalue weighted by molar-refractivity contribution is 7.80. The predicted octanol–water partition coefficient (Wildman–Crippen LogP) is 6.00. The van der Waals surface area contributed by atoms with Crippen molar-refractivity contribution >= 4 is 31.3 Å². The molecular formula is C24H40BF3NO2S. The van der Waals surface area contributed by atoms with Crippen molar-refractivity contribution in [1.29, 1.82) is 0 Å². The van der Waals surface area contributed by atoms with Crippen molar-refractivity contribution < 1.29 is 22.9 Å². The SMILES string of the molecule is CCCC1CC(C)(O)C1.Cc1c(NC(C)C)cc([B]OCC(C)(C)CS)cc1C(F)(F)F. The summed E-state index contributed by atoms with van der Waals surface area (Å²) in [7, 11) is 1.38. The van der Waals surface area contributed by atoms with Crippen LogP contribution >= 0.6 is 12.6 Å². The first-order valence-electron chi connectivity index (χ1n) is 11.4. The highest BCUT2D eigenvalue weighted by atomic mass is 32.1. The van der Waals surface area contributed by atoms with Crippen molar-refractivity contribution in [2.45, 2.75) is 92.0 Å². The van der Waals surface area contributed by atoms with Crippen LogP contribution in [-0.2, 0) is 10.8 Å². The minimum atomic E-state index is -4.40. The fourth-order valence-electron chi connectivity index (χ4n) is 3.77. The molecule has 1 fully saturated rings. The molecule has 8 heteroatoms. The van der Waals surface area contributed by atoms with E-state index in [1.165, 1.54) is 27.2 Å². The van der Waals surface area contributed by atoms with Crippen molar-refractivity contribution in [3.63, 3.8) is 0 Å². The predicted molar refractivity (Wildman–Crippen MR) is 132 cm³/mol. The third-order valence-corrected chi connectivity index (χ3v) is 6.31. The van der Waals surface area contributed by atoms with Crippen LogP contribution < -0.4 is 10.8 Å². The lowest BCUT2D eigenvalue weighted by Gasteiger charge is -2.40. The first kappa shape index (κ1) is 29.2. The Kier molecular flexibility index (Phi) is 11.0. The van der Waals surface area contributed by atoms with Gasteiger partial charge in [0.1, 0.15) is 0 Å². The van der Waals surface area contributed by atoms with E-state index in [9.17, 15) is 18.3 Å². The number of benzene rings is 1. The molecule has 1 aromatic rings. The molecule has 0 bridgehead atoms. The van der Waals surface area contributed by atoms with Crippen LogP contribution in [0, 0.1) is 18.3 Å². The van der Waals surface area contributed by atoms with E-state index < -0.39 is 11.7 Å². The van der Waals surface area contributed by atoms with Gasteiger partial charge in [0.15, 0.2) is 0 Å². The summed E-state index contributed by atoms with van der Waals surface area (Å²) in [6.07, 6.45) is 0.226. The summed E-state index contributed by atoms with van der Waals surface area (Å²) in [5.41, 5.74) is -0.0413. The van der Waals surface area contributed by atoms with E-state index >= 15 is 0 Å². The summed E-state index contributed by atoms with van der Waals surface area (Å²) in [4.78, 5) is 0. The molecule has 2 rings (SSSR count). The Morgan fingerprint density at radius 1 is 1.28 bits per heavy atom. The Bertz CT molecular complexity index is 716. The third-order valence-electron chi connectivity index (χ3n) is 5.45. The van der Waals surface area contributed by atoms with Gasteiger partial charge in [0.05, 0.1) is 11.2 Å². The van der Waals surface area contributed by atoms with Crippen LogP contribution in [0.25, 0.3) is 0 Å². The molecule has 1 aliphatic rings. The standard InChI is InChI=1S/C16H24BF3NOS.C8H16O/c1-10(2)21-14-7-12(17-22-8-15(4,5)9-23)6-13(11(14)3)16(18,19)20;1-3-4-7-5-8(2,9)6-7/h6-7,10,21,23H,8-9H2,1-5H3;7,9H,3-6H2,1-2H3. The molecule has 32 heavy (non-hydrogen) atoms. The van der Waals surface area contributed by atoms with Crippen LogP contribution in [-0.4, -0.2) is 36.6 Å². The Morgan fingerprint density at radius 2 is 1.88 bits per heavy atom. The van der Waals surface area contributed by atoms with Crippen molar-refractivity contribution in [2.75, 3.05) is 17.7 Å². The van der Waals surface area contributed by atoms with Crippen molar-refractivity contribution in [3.05, 3.63) is 23.3 Å². The van der Waals surface area contributed by atoms with Crippen LogP contribution in [0.1, 0.15) is 78.4 Å². The van der Waals surface area contributed by atoms with Gasteiger partial charge in [0.2, 0.25) is 0 Å². The maximum atomic E-state index is 13.2. The monoisotopic (exact) mass is 474 g/mol. The summed E-state index contributed by atoms with van der Waals surface area (Å²) < 4.78 is 45.1. The first-order valence-corrected chi connectivity index (χ1v) is 12.0. The summed E-state index contributed by atoms with van der Waals surface area (Å²) in [5, 5.41) is 12.4. The van der Waals surface area contributed by atoms with Gasteiger partial charge < -0.3 is 15.1 Å². The molecule has 0 atom stereocenters. The molecule has 1 radical (unpaired) electrons. The van der Waals surface area contributed by atoms with Crippen molar-refractivity contribution in [1.82, 2.24) is 0 Å². The Balaban J connectivity index is 0.000000471. The van der Waals surface area contributed by atoms with Gasteiger partial charge in [-0.25, -0.2) is 0 Å². The van der Waals surface area contributed by atoms with Gasteiger partial charge in [-0.15, -0.1) is 0 Å². The van der Waals surface area contributed by atoms with Gasteiger partial charge in [0.25, 0.3) is 0 Å². The number of hydrogen-bond acceptors (Lipinski definition) is 4. The lowest BCUT2D eigenvalue weighted by Crippen LogP contribution is -2.40. The Hall–Kier alpha value is -0.855. The van der Waals surface area contributed by atoms with E-state index in [-0.39, 0.29) is 22.6 Å². The molecule has 0 unspecified atom stereocenters. The van der Waals surface area contributed by atoms with E-state index in [1.807, 2.05) is 34.6 Å². The van der Waals surface area contributed by atoms with Crippen LogP contribution in [0.2, 0.25) is 0 Å². The number of alkyl halides is 3. The average Bonchev–Trinajstić information content (AvgIpc) is 2.62. The summed E-state index contributed by atoms with van der Waals surface area (Å²) in [5.74, 6) is 1.45. The van der Waals surface area contributed by atoms with Gasteiger partial charge in [-0.2, -0.15) is 25.8 Å². The minimum Gasteiger partial charge on any atom is -0.434 e. The zero-order valence-corrected chi connectivity index (χ0v) is 21.5. The molecule has 1 aromatic carbocycles. The number of aliphatic hydroxyl groups is 1. The van der Waals surface area contributed by atoms with Crippen LogP contribution in [0.15, 0.2) is 12.1 Å². The summed E-state index contributed by atoms with van der Waals surface area (Å²) >= 11 is 4.23. The number of anilines is 1. The number of rotatable bonds is 9. The van der Waals surface area contributed by atoms with E-state index in [4.69, 9.17) is 4.65 Å². The minimum absolute atomic E-state index is 0.0362.